The van der Waals surface area contributed by atoms with Gasteiger partial charge in [0.05, 0.1) is 11.8 Å². The maximum atomic E-state index is 14.3. The van der Waals surface area contributed by atoms with Crippen molar-refractivity contribution in [2.24, 2.45) is 0 Å². The van der Waals surface area contributed by atoms with E-state index < -0.39 is 0 Å². The number of rotatable bonds is 8. The number of piperazine rings is 1. The maximum absolute atomic E-state index is 14.3. The molecule has 1 atom stereocenters. The van der Waals surface area contributed by atoms with Crippen LogP contribution in [0.15, 0.2) is 18.2 Å². The van der Waals surface area contributed by atoms with Gasteiger partial charge in [-0.15, -0.1) is 0 Å². The van der Waals surface area contributed by atoms with E-state index in [1.807, 2.05) is 11.0 Å². The fourth-order valence-electron chi connectivity index (χ4n) is 2.64. The number of aliphatic hydroxyl groups is 1. The first-order valence-electron chi connectivity index (χ1n) is 7.88. The molecule has 0 unspecified atom stereocenters. The highest BCUT2D eigenvalue weighted by Crippen LogP contribution is 2.26. The average Bonchev–Trinajstić information content (AvgIpc) is 2.54. The van der Waals surface area contributed by atoms with Gasteiger partial charge < -0.3 is 20.1 Å². The van der Waals surface area contributed by atoms with Gasteiger partial charge in [0, 0.05) is 38.9 Å². The summed E-state index contributed by atoms with van der Waals surface area (Å²) in [6.45, 7) is 3.53. The normalized spacial score (nSPS) is 16.6. The Morgan fingerprint density at radius 2 is 2.09 bits per heavy atom. The van der Waals surface area contributed by atoms with Crippen LogP contribution in [-0.4, -0.2) is 49.7 Å². The number of hydrogen-bond acceptors (Lipinski definition) is 5. The molecule has 0 aliphatic carbocycles. The van der Waals surface area contributed by atoms with Crippen molar-refractivity contribution in [3.63, 3.8) is 0 Å². The molecule has 1 aromatic rings. The van der Waals surface area contributed by atoms with Crippen LogP contribution in [-0.2, 0) is 0 Å². The SMILES string of the molecule is OCCC[C@H](CCS)Oc1ccc(N2CCNCC2)c(F)c1. The van der Waals surface area contributed by atoms with Crippen LogP contribution in [0, 0.1) is 5.82 Å². The molecule has 2 rings (SSSR count). The minimum Gasteiger partial charge on any atom is -0.490 e. The van der Waals surface area contributed by atoms with Crippen LogP contribution in [0.1, 0.15) is 19.3 Å². The monoisotopic (exact) mass is 328 g/mol. The Labute approximate surface area is 137 Å². The first-order chi connectivity index (χ1) is 10.7. The van der Waals surface area contributed by atoms with Crippen molar-refractivity contribution in [3.8, 4) is 5.75 Å². The van der Waals surface area contributed by atoms with E-state index in [0.717, 1.165) is 39.0 Å². The molecule has 22 heavy (non-hydrogen) atoms. The fourth-order valence-corrected chi connectivity index (χ4v) is 2.93. The van der Waals surface area contributed by atoms with Gasteiger partial charge in [0.1, 0.15) is 11.6 Å². The average molecular weight is 328 g/mol. The van der Waals surface area contributed by atoms with Crippen LogP contribution >= 0.6 is 12.6 Å². The van der Waals surface area contributed by atoms with Crippen LogP contribution in [0.4, 0.5) is 10.1 Å². The lowest BCUT2D eigenvalue weighted by Crippen LogP contribution is -2.43. The van der Waals surface area contributed by atoms with Gasteiger partial charge >= 0.3 is 0 Å². The summed E-state index contributed by atoms with van der Waals surface area (Å²) in [5.74, 6) is 1.00. The van der Waals surface area contributed by atoms with Crippen LogP contribution < -0.4 is 15.0 Å². The third-order valence-electron chi connectivity index (χ3n) is 3.81. The third-order valence-corrected chi connectivity index (χ3v) is 4.07. The predicted molar refractivity (Wildman–Crippen MR) is 90.7 cm³/mol. The molecule has 1 aliphatic heterocycles. The van der Waals surface area contributed by atoms with E-state index in [0.29, 0.717) is 23.6 Å². The molecule has 2 N–H and O–H groups in total. The van der Waals surface area contributed by atoms with E-state index in [1.165, 1.54) is 6.07 Å². The summed E-state index contributed by atoms with van der Waals surface area (Å²) in [5.41, 5.74) is 0.634. The Hall–Kier alpha value is -0.980. The van der Waals surface area contributed by atoms with Gasteiger partial charge in [-0.2, -0.15) is 12.6 Å². The zero-order valence-electron chi connectivity index (χ0n) is 12.8. The van der Waals surface area contributed by atoms with Gasteiger partial charge in [-0.1, -0.05) is 0 Å². The lowest BCUT2D eigenvalue weighted by molar-refractivity contribution is 0.170. The number of nitrogens with zero attached hydrogens (tertiary/aromatic N) is 1. The van der Waals surface area contributed by atoms with Crippen molar-refractivity contribution in [1.29, 1.82) is 0 Å². The minimum atomic E-state index is -0.244. The van der Waals surface area contributed by atoms with E-state index in [-0.39, 0.29) is 18.5 Å². The van der Waals surface area contributed by atoms with E-state index in [2.05, 4.69) is 17.9 Å². The second kappa shape index (κ2) is 9.22. The number of hydrogen-bond donors (Lipinski definition) is 3. The molecule has 0 saturated carbocycles. The molecule has 1 aromatic carbocycles. The number of benzene rings is 1. The first-order valence-corrected chi connectivity index (χ1v) is 8.51. The Morgan fingerprint density at radius 3 is 2.73 bits per heavy atom. The number of ether oxygens (including phenoxy) is 1. The summed E-state index contributed by atoms with van der Waals surface area (Å²) in [6, 6.07) is 5.08. The van der Waals surface area contributed by atoms with Gasteiger partial charge in [0.15, 0.2) is 0 Å². The predicted octanol–water partition coefficient (Wildman–Crippen LogP) is 2.08. The zero-order valence-corrected chi connectivity index (χ0v) is 13.7. The minimum absolute atomic E-state index is 0.0333. The molecule has 0 spiro atoms. The number of anilines is 1. The maximum Gasteiger partial charge on any atom is 0.150 e. The van der Waals surface area contributed by atoms with Crippen LogP contribution in [0.5, 0.6) is 5.75 Å². The molecule has 1 heterocycles. The Balaban J connectivity index is 2.00. The highest BCUT2D eigenvalue weighted by atomic mass is 32.1. The molecule has 1 aliphatic rings. The Kier molecular flexibility index (Phi) is 7.29. The number of nitrogens with one attached hydrogen (secondary N) is 1. The van der Waals surface area contributed by atoms with Crippen LogP contribution in [0.25, 0.3) is 0 Å². The van der Waals surface area contributed by atoms with Gasteiger partial charge in [0.25, 0.3) is 0 Å². The zero-order chi connectivity index (χ0) is 15.8. The molecule has 0 radical (unpaired) electrons. The summed E-state index contributed by atoms with van der Waals surface area (Å²) in [7, 11) is 0. The topological polar surface area (TPSA) is 44.7 Å². The molecule has 124 valence electrons. The molecule has 4 nitrogen and oxygen atoms in total. The first kappa shape index (κ1) is 17.4. The quantitative estimate of drug-likeness (QED) is 0.639. The van der Waals surface area contributed by atoms with Gasteiger partial charge in [-0.05, 0) is 37.1 Å². The standard InChI is InChI=1S/C16H25FN2O2S/c17-15-12-14(21-13(5-11-22)2-1-10-20)3-4-16(15)19-8-6-18-7-9-19/h3-4,12-13,18,20,22H,1-2,5-11H2/t13-/m1/s1. The van der Waals surface area contributed by atoms with Gasteiger partial charge in [0.2, 0.25) is 0 Å². The van der Waals surface area contributed by atoms with Gasteiger partial charge in [-0.3, -0.25) is 0 Å². The highest BCUT2D eigenvalue weighted by Gasteiger charge is 2.16. The van der Waals surface area contributed by atoms with Crippen molar-refractivity contribution in [2.45, 2.75) is 25.4 Å². The largest absolute Gasteiger partial charge is 0.490 e. The van der Waals surface area contributed by atoms with Crippen LogP contribution in [0.3, 0.4) is 0 Å². The summed E-state index contributed by atoms with van der Waals surface area (Å²) in [4.78, 5) is 2.05. The number of aliphatic hydroxyl groups excluding tert-OH is 1. The van der Waals surface area contributed by atoms with Crippen LogP contribution in [0.2, 0.25) is 0 Å². The molecule has 0 bridgehead atoms. The van der Waals surface area contributed by atoms with E-state index in [9.17, 15) is 4.39 Å². The van der Waals surface area contributed by atoms with E-state index in [4.69, 9.17) is 9.84 Å². The molecular formula is C16H25FN2O2S. The lowest BCUT2D eigenvalue weighted by Gasteiger charge is -2.30. The lowest BCUT2D eigenvalue weighted by atomic mass is 10.1. The van der Waals surface area contributed by atoms with Crippen molar-refractivity contribution in [3.05, 3.63) is 24.0 Å². The Bertz CT molecular complexity index is 456. The summed E-state index contributed by atoms with van der Waals surface area (Å²) in [5, 5.41) is 12.2. The second-order valence-corrected chi connectivity index (χ2v) is 5.92. The summed E-state index contributed by atoms with van der Waals surface area (Å²) in [6.07, 6.45) is 2.18. The highest BCUT2D eigenvalue weighted by molar-refractivity contribution is 7.80. The summed E-state index contributed by atoms with van der Waals surface area (Å²) < 4.78 is 20.2. The second-order valence-electron chi connectivity index (χ2n) is 5.47. The number of thiol groups is 1. The molecular weight excluding hydrogens is 303 g/mol. The van der Waals surface area contributed by atoms with E-state index >= 15 is 0 Å². The fraction of sp³-hybridized carbons (Fsp3) is 0.625. The smallest absolute Gasteiger partial charge is 0.150 e. The number of halogens is 1. The van der Waals surface area contributed by atoms with Crippen molar-refractivity contribution in [2.75, 3.05) is 43.4 Å². The van der Waals surface area contributed by atoms with Crippen molar-refractivity contribution < 1.29 is 14.2 Å². The third kappa shape index (κ3) is 5.04. The molecule has 6 heteroatoms. The van der Waals surface area contributed by atoms with E-state index in [1.54, 1.807) is 6.07 Å². The van der Waals surface area contributed by atoms with Crippen molar-refractivity contribution >= 4 is 18.3 Å². The van der Waals surface area contributed by atoms with Gasteiger partial charge in [-0.25, -0.2) is 4.39 Å². The summed E-state index contributed by atoms with van der Waals surface area (Å²) >= 11 is 4.23. The molecule has 0 aromatic heterocycles. The molecule has 1 saturated heterocycles. The Morgan fingerprint density at radius 1 is 1.32 bits per heavy atom. The molecule has 1 fully saturated rings. The molecule has 0 amide bonds. The van der Waals surface area contributed by atoms with Crippen molar-refractivity contribution in [1.82, 2.24) is 5.32 Å².